The molecule has 3 aromatic rings. The fraction of sp³-hybridized carbons (Fsp3) is 0.360. The molecule has 0 aliphatic carbocycles. The van der Waals surface area contributed by atoms with E-state index in [1.165, 1.54) is 4.57 Å². The Bertz CT molecular complexity index is 1420. The van der Waals surface area contributed by atoms with Crippen LogP contribution < -0.4 is 33.5 Å². The number of aryl methyl sites for hydroxylation is 2. The highest BCUT2D eigenvalue weighted by Crippen LogP contribution is 2.24. The zero-order valence-electron chi connectivity index (χ0n) is 20.9. The molecular formula is C25H32N6O5. The summed E-state index contributed by atoms with van der Waals surface area (Å²) >= 11 is 0. The summed E-state index contributed by atoms with van der Waals surface area (Å²) in [4.78, 5) is 46.5. The van der Waals surface area contributed by atoms with Crippen LogP contribution in [0.2, 0.25) is 0 Å². The molecule has 0 fully saturated rings. The van der Waals surface area contributed by atoms with Crippen molar-refractivity contribution in [2.45, 2.75) is 59.7 Å². The first-order chi connectivity index (χ1) is 17.1. The van der Waals surface area contributed by atoms with Gasteiger partial charge in [0.05, 0.1) is 18.3 Å². The summed E-state index contributed by atoms with van der Waals surface area (Å²) in [6.45, 7) is 7.81. The monoisotopic (exact) mass is 496 g/mol. The summed E-state index contributed by atoms with van der Waals surface area (Å²) in [6.07, 6.45) is 0.126. The number of benzene rings is 2. The molecule has 0 saturated carbocycles. The molecule has 0 spiro atoms. The lowest BCUT2D eigenvalue weighted by Gasteiger charge is -2.15. The summed E-state index contributed by atoms with van der Waals surface area (Å²) in [7, 11) is 0. The Morgan fingerprint density at radius 2 is 1.72 bits per heavy atom. The Morgan fingerprint density at radius 3 is 2.33 bits per heavy atom. The maximum absolute atomic E-state index is 13.4. The van der Waals surface area contributed by atoms with Crippen molar-refractivity contribution in [3.63, 3.8) is 0 Å². The van der Waals surface area contributed by atoms with E-state index >= 15 is 0 Å². The molecule has 36 heavy (non-hydrogen) atoms. The van der Waals surface area contributed by atoms with Crippen LogP contribution in [0.1, 0.15) is 43.4 Å². The minimum atomic E-state index is -0.753. The summed E-state index contributed by atoms with van der Waals surface area (Å²) in [5, 5.41) is 0. The minimum absolute atomic E-state index is 0.0108. The Labute approximate surface area is 208 Å². The Morgan fingerprint density at radius 1 is 1.03 bits per heavy atom. The van der Waals surface area contributed by atoms with E-state index in [2.05, 4.69) is 9.83 Å². The van der Waals surface area contributed by atoms with Crippen molar-refractivity contribution in [2.75, 3.05) is 5.84 Å². The van der Waals surface area contributed by atoms with Gasteiger partial charge in [-0.1, -0.05) is 29.8 Å². The third-order valence-electron chi connectivity index (χ3n) is 5.46. The first-order valence-electron chi connectivity index (χ1n) is 11.6. The van der Waals surface area contributed by atoms with Crippen LogP contribution in [-0.2, 0) is 22.7 Å². The Balaban J connectivity index is 2.15. The van der Waals surface area contributed by atoms with E-state index < -0.39 is 17.3 Å². The average Bonchev–Trinajstić information content (AvgIpc) is 2.84. The maximum atomic E-state index is 13.4. The van der Waals surface area contributed by atoms with E-state index in [0.29, 0.717) is 11.4 Å². The molecule has 2 aromatic carbocycles. The van der Waals surface area contributed by atoms with Crippen molar-refractivity contribution >= 4 is 11.7 Å². The standard InChI is InChI=1S/C25H32N6O5/c1-16(2)35-21-12-11-20(14-18(21)4)28-23-30(15-19-9-7-17(3)8-10-19)24(33)29(25(34)31(23)26)13-5-6-22(32)36-27/h7-12,14,16H,5-6,13,15,26-27H2,1-4H3/b28-23-. The van der Waals surface area contributed by atoms with Gasteiger partial charge in [-0.2, -0.15) is 10.6 Å². The Hall–Kier alpha value is -4.12. The quantitative estimate of drug-likeness (QED) is 0.336. The molecule has 3 rings (SSSR count). The van der Waals surface area contributed by atoms with Gasteiger partial charge in [-0.15, -0.1) is 0 Å². The molecule has 0 aliphatic rings. The van der Waals surface area contributed by atoms with Crippen molar-refractivity contribution in [3.05, 3.63) is 85.7 Å². The number of hydrogen-bond acceptors (Lipinski definition) is 8. The van der Waals surface area contributed by atoms with E-state index in [-0.39, 0.29) is 37.7 Å². The highest BCUT2D eigenvalue weighted by atomic mass is 16.7. The molecule has 1 aromatic heterocycles. The van der Waals surface area contributed by atoms with Crippen LogP contribution >= 0.6 is 0 Å². The van der Waals surface area contributed by atoms with Gasteiger partial charge >= 0.3 is 17.3 Å². The fourth-order valence-corrected chi connectivity index (χ4v) is 3.62. The number of nitrogens with zero attached hydrogens (tertiary/aromatic N) is 4. The number of hydrogen-bond donors (Lipinski definition) is 2. The first-order valence-corrected chi connectivity index (χ1v) is 11.6. The van der Waals surface area contributed by atoms with Crippen molar-refractivity contribution in [1.82, 2.24) is 13.8 Å². The van der Waals surface area contributed by atoms with Gasteiger partial charge in [0.15, 0.2) is 0 Å². The average molecular weight is 497 g/mol. The second-order valence-corrected chi connectivity index (χ2v) is 8.78. The largest absolute Gasteiger partial charge is 0.491 e. The number of carbonyl (C=O) groups excluding carboxylic acids is 1. The van der Waals surface area contributed by atoms with Crippen LogP contribution in [0.5, 0.6) is 5.75 Å². The number of aromatic nitrogens is 3. The molecule has 1 heterocycles. The lowest BCUT2D eigenvalue weighted by Crippen LogP contribution is -2.57. The predicted octanol–water partition coefficient (Wildman–Crippen LogP) is 1.41. The molecule has 0 bridgehead atoms. The molecular weight excluding hydrogens is 464 g/mol. The third kappa shape index (κ3) is 6.30. The van der Waals surface area contributed by atoms with Crippen molar-refractivity contribution in [1.29, 1.82) is 0 Å². The van der Waals surface area contributed by atoms with Crippen molar-refractivity contribution in [2.24, 2.45) is 10.9 Å². The SMILES string of the molecule is Cc1ccc(Cn2c(=O)n(CCCC(=O)ON)c(=O)n(N)/c2=N\c2ccc(OC(C)C)c(C)c2)cc1. The van der Waals surface area contributed by atoms with E-state index in [0.717, 1.165) is 25.9 Å². The predicted molar refractivity (Wildman–Crippen MR) is 135 cm³/mol. The van der Waals surface area contributed by atoms with Crippen LogP contribution in [0.25, 0.3) is 0 Å². The molecule has 0 saturated heterocycles. The lowest BCUT2D eigenvalue weighted by atomic mass is 10.1. The normalized spacial score (nSPS) is 11.7. The summed E-state index contributed by atoms with van der Waals surface area (Å²) in [5.74, 6) is 11.1. The number of ether oxygens (including phenoxy) is 1. The second-order valence-electron chi connectivity index (χ2n) is 8.78. The van der Waals surface area contributed by atoms with Crippen LogP contribution in [0.4, 0.5) is 5.69 Å². The zero-order chi connectivity index (χ0) is 26.4. The first kappa shape index (κ1) is 26.5. The molecule has 0 aliphatic heterocycles. The Kier molecular flexibility index (Phi) is 8.49. The molecule has 11 nitrogen and oxygen atoms in total. The van der Waals surface area contributed by atoms with Gasteiger partial charge in [0.1, 0.15) is 5.75 Å². The fourth-order valence-electron chi connectivity index (χ4n) is 3.62. The van der Waals surface area contributed by atoms with Crippen LogP contribution in [0.3, 0.4) is 0 Å². The van der Waals surface area contributed by atoms with Gasteiger partial charge in [0, 0.05) is 13.0 Å². The van der Waals surface area contributed by atoms with Gasteiger partial charge in [0.25, 0.3) is 0 Å². The maximum Gasteiger partial charge on any atom is 0.353 e. The van der Waals surface area contributed by atoms with Crippen LogP contribution in [0.15, 0.2) is 57.0 Å². The zero-order valence-corrected chi connectivity index (χ0v) is 20.9. The summed E-state index contributed by atoms with van der Waals surface area (Å²) < 4.78 is 8.93. The van der Waals surface area contributed by atoms with Gasteiger partial charge in [-0.05, 0) is 63.4 Å². The molecule has 4 N–H and O–H groups in total. The highest BCUT2D eigenvalue weighted by molar-refractivity contribution is 5.68. The third-order valence-corrected chi connectivity index (χ3v) is 5.46. The second kappa shape index (κ2) is 11.5. The number of rotatable bonds is 9. The topological polar surface area (TPSA) is 149 Å². The number of nitrogens with two attached hydrogens (primary N) is 2. The van der Waals surface area contributed by atoms with Gasteiger partial charge in [-0.25, -0.2) is 19.1 Å². The van der Waals surface area contributed by atoms with Gasteiger partial charge < -0.3 is 15.4 Å². The smallest absolute Gasteiger partial charge is 0.353 e. The van der Waals surface area contributed by atoms with Crippen LogP contribution in [0, 0.1) is 13.8 Å². The molecule has 0 radical (unpaired) electrons. The molecule has 0 atom stereocenters. The molecule has 11 heteroatoms. The van der Waals surface area contributed by atoms with Gasteiger partial charge in [0.2, 0.25) is 5.62 Å². The number of nitrogen functional groups attached to an aromatic ring is 1. The van der Waals surface area contributed by atoms with E-state index in [9.17, 15) is 14.4 Å². The van der Waals surface area contributed by atoms with Crippen LogP contribution in [-0.4, -0.2) is 25.9 Å². The summed E-state index contributed by atoms with van der Waals surface area (Å²) in [5.41, 5.74) is 1.88. The van der Waals surface area contributed by atoms with Gasteiger partial charge in [-0.3, -0.25) is 9.36 Å². The van der Waals surface area contributed by atoms with E-state index in [1.54, 1.807) is 18.2 Å². The van der Waals surface area contributed by atoms with E-state index in [4.69, 9.17) is 16.5 Å². The molecule has 0 amide bonds. The number of carbonyl (C=O) groups is 1. The van der Waals surface area contributed by atoms with E-state index in [1.807, 2.05) is 52.0 Å². The highest BCUT2D eigenvalue weighted by Gasteiger charge is 2.15. The minimum Gasteiger partial charge on any atom is -0.491 e. The summed E-state index contributed by atoms with van der Waals surface area (Å²) in [6, 6.07) is 13.0. The van der Waals surface area contributed by atoms with Crippen molar-refractivity contribution in [3.8, 4) is 5.75 Å². The lowest BCUT2D eigenvalue weighted by molar-refractivity contribution is -0.144. The van der Waals surface area contributed by atoms with Crippen molar-refractivity contribution < 1.29 is 14.4 Å². The molecule has 0 unspecified atom stereocenters. The molecule has 192 valence electrons.